The number of aromatic nitrogens is 2. The summed E-state index contributed by atoms with van der Waals surface area (Å²) in [6.45, 7) is 0.584. The molecule has 0 saturated heterocycles. The predicted octanol–water partition coefficient (Wildman–Crippen LogP) is 1.15. The van der Waals surface area contributed by atoms with Gasteiger partial charge in [0.15, 0.2) is 5.69 Å². The van der Waals surface area contributed by atoms with Gasteiger partial charge in [-0.1, -0.05) is 6.42 Å². The molecule has 0 radical (unpaired) electrons. The first-order valence-electron chi connectivity index (χ1n) is 7.45. The van der Waals surface area contributed by atoms with E-state index in [4.69, 9.17) is 5.73 Å². The molecule has 20 heavy (non-hydrogen) atoms. The topological polar surface area (TPSA) is 104 Å². The van der Waals surface area contributed by atoms with Gasteiger partial charge in [0.2, 0.25) is 0 Å². The maximum absolute atomic E-state index is 12.1. The highest BCUT2D eigenvalue weighted by Gasteiger charge is 2.30. The number of aliphatic hydroxyl groups is 1. The Kier molecular flexibility index (Phi) is 3.65. The van der Waals surface area contributed by atoms with Crippen LogP contribution in [0.15, 0.2) is 0 Å². The first kappa shape index (κ1) is 13.4. The molecule has 3 rings (SSSR count). The second kappa shape index (κ2) is 5.44. The van der Waals surface area contributed by atoms with Crippen molar-refractivity contribution in [2.45, 2.75) is 50.5 Å². The summed E-state index contributed by atoms with van der Waals surface area (Å²) in [5.41, 5.74) is 7.69. The molecule has 6 heteroatoms. The normalized spacial score (nSPS) is 26.4. The minimum Gasteiger partial charge on any atom is -0.395 e. The lowest BCUT2D eigenvalue weighted by Gasteiger charge is -2.25. The fourth-order valence-corrected chi connectivity index (χ4v) is 2.99. The van der Waals surface area contributed by atoms with Crippen LogP contribution >= 0.6 is 0 Å². The summed E-state index contributed by atoms with van der Waals surface area (Å²) >= 11 is 0. The number of rotatable bonds is 4. The van der Waals surface area contributed by atoms with Gasteiger partial charge in [-0.25, -0.2) is 0 Å². The lowest BCUT2D eigenvalue weighted by atomic mass is 9.87. The van der Waals surface area contributed by atoms with E-state index in [1.807, 2.05) is 0 Å². The van der Waals surface area contributed by atoms with Gasteiger partial charge in [-0.05, 0) is 38.0 Å². The zero-order valence-corrected chi connectivity index (χ0v) is 11.6. The average Bonchev–Trinajstić information content (AvgIpc) is 3.19. The fraction of sp³-hybridized carbons (Fsp3) is 0.714. The van der Waals surface area contributed by atoms with Crippen LogP contribution in [0, 0.1) is 5.92 Å². The third-order valence-corrected chi connectivity index (χ3v) is 4.34. The minimum absolute atomic E-state index is 0.217. The van der Waals surface area contributed by atoms with Crippen LogP contribution in [0.1, 0.15) is 60.6 Å². The zero-order valence-electron chi connectivity index (χ0n) is 11.6. The Morgan fingerprint density at radius 1 is 1.40 bits per heavy atom. The van der Waals surface area contributed by atoms with Gasteiger partial charge in [-0.3, -0.25) is 9.89 Å². The Labute approximate surface area is 118 Å². The Morgan fingerprint density at radius 2 is 2.20 bits per heavy atom. The summed E-state index contributed by atoms with van der Waals surface area (Å²) in [6, 6.07) is 0. The number of nitrogen functional groups attached to an aromatic ring is 1. The van der Waals surface area contributed by atoms with Crippen LogP contribution < -0.4 is 11.1 Å². The van der Waals surface area contributed by atoms with Crippen molar-refractivity contribution in [3.8, 4) is 0 Å². The number of aromatic amines is 1. The molecule has 1 aromatic rings. The van der Waals surface area contributed by atoms with E-state index >= 15 is 0 Å². The van der Waals surface area contributed by atoms with Crippen LogP contribution in [0.2, 0.25) is 0 Å². The fourth-order valence-electron chi connectivity index (χ4n) is 2.99. The third-order valence-electron chi connectivity index (χ3n) is 4.34. The van der Waals surface area contributed by atoms with E-state index in [1.165, 1.54) is 0 Å². The van der Waals surface area contributed by atoms with Gasteiger partial charge in [0.05, 0.1) is 17.5 Å². The van der Waals surface area contributed by atoms with Gasteiger partial charge in [0.1, 0.15) is 0 Å². The van der Waals surface area contributed by atoms with Crippen molar-refractivity contribution in [2.24, 2.45) is 5.92 Å². The highest BCUT2D eigenvalue weighted by molar-refractivity contribution is 5.97. The summed E-state index contributed by atoms with van der Waals surface area (Å²) in [5, 5.41) is 19.4. The molecule has 6 nitrogen and oxygen atoms in total. The van der Waals surface area contributed by atoms with Gasteiger partial charge >= 0.3 is 0 Å². The maximum Gasteiger partial charge on any atom is 0.273 e. The standard InChI is InChI=1S/C14H22N4O2/c15-11-12(9-4-5-9)17-18-13(11)14(20)16-7-8-2-1-3-10(19)6-8/h8-10,19H,1-7,15H2,(H,16,20)(H,17,18). The van der Waals surface area contributed by atoms with Crippen molar-refractivity contribution in [2.75, 3.05) is 12.3 Å². The van der Waals surface area contributed by atoms with Crippen LogP contribution in [0.4, 0.5) is 5.69 Å². The van der Waals surface area contributed by atoms with Crippen molar-refractivity contribution in [1.82, 2.24) is 15.5 Å². The van der Waals surface area contributed by atoms with Crippen molar-refractivity contribution >= 4 is 11.6 Å². The van der Waals surface area contributed by atoms with Gasteiger partial charge in [0.25, 0.3) is 5.91 Å². The number of nitrogens with two attached hydrogens (primary N) is 1. The third kappa shape index (κ3) is 2.80. The van der Waals surface area contributed by atoms with E-state index in [9.17, 15) is 9.90 Å². The summed E-state index contributed by atoms with van der Waals surface area (Å²) in [4.78, 5) is 12.1. The first-order chi connectivity index (χ1) is 9.65. The number of nitrogens with one attached hydrogen (secondary N) is 2. The highest BCUT2D eigenvalue weighted by atomic mass is 16.3. The quantitative estimate of drug-likeness (QED) is 0.663. The molecule has 0 aromatic carbocycles. The van der Waals surface area contributed by atoms with E-state index in [0.29, 0.717) is 29.8 Å². The number of hydrogen-bond acceptors (Lipinski definition) is 4. The monoisotopic (exact) mass is 278 g/mol. The molecule has 5 N–H and O–H groups in total. The van der Waals surface area contributed by atoms with E-state index in [0.717, 1.165) is 44.2 Å². The average molecular weight is 278 g/mol. The molecule has 2 unspecified atom stereocenters. The van der Waals surface area contributed by atoms with Crippen LogP contribution in [0.5, 0.6) is 0 Å². The molecule has 1 heterocycles. The Balaban J connectivity index is 1.56. The lowest BCUT2D eigenvalue weighted by Crippen LogP contribution is -2.33. The van der Waals surface area contributed by atoms with Crippen molar-refractivity contribution in [3.63, 3.8) is 0 Å². The number of amides is 1. The molecule has 0 spiro atoms. The molecule has 2 atom stereocenters. The molecule has 2 saturated carbocycles. The highest BCUT2D eigenvalue weighted by Crippen LogP contribution is 2.42. The molecule has 1 amide bonds. The van der Waals surface area contributed by atoms with Crippen LogP contribution in [0.25, 0.3) is 0 Å². The van der Waals surface area contributed by atoms with Crippen LogP contribution in [-0.4, -0.2) is 33.9 Å². The van der Waals surface area contributed by atoms with Gasteiger partial charge in [-0.2, -0.15) is 5.10 Å². The Hall–Kier alpha value is -1.56. The Bertz CT molecular complexity index is 495. The number of aliphatic hydroxyl groups excluding tert-OH is 1. The maximum atomic E-state index is 12.1. The SMILES string of the molecule is Nc1c(C(=O)NCC2CCCC(O)C2)n[nH]c1C1CC1. The van der Waals surface area contributed by atoms with E-state index in [-0.39, 0.29) is 12.0 Å². The molecule has 0 aliphatic heterocycles. The molecule has 2 aliphatic rings. The second-order valence-electron chi connectivity index (χ2n) is 6.07. The number of carbonyl (C=O) groups excluding carboxylic acids is 1. The lowest BCUT2D eigenvalue weighted by molar-refractivity contribution is 0.0871. The molecule has 2 fully saturated rings. The van der Waals surface area contributed by atoms with Gasteiger partial charge in [0, 0.05) is 12.5 Å². The Morgan fingerprint density at radius 3 is 2.90 bits per heavy atom. The van der Waals surface area contributed by atoms with Crippen LogP contribution in [0.3, 0.4) is 0 Å². The number of H-pyrrole nitrogens is 1. The summed E-state index contributed by atoms with van der Waals surface area (Å²) < 4.78 is 0. The van der Waals surface area contributed by atoms with Crippen molar-refractivity contribution in [3.05, 3.63) is 11.4 Å². The van der Waals surface area contributed by atoms with Crippen molar-refractivity contribution < 1.29 is 9.90 Å². The molecule has 1 aromatic heterocycles. The van der Waals surface area contributed by atoms with Crippen LogP contribution in [-0.2, 0) is 0 Å². The first-order valence-corrected chi connectivity index (χ1v) is 7.45. The number of carbonyl (C=O) groups is 1. The van der Waals surface area contributed by atoms with E-state index < -0.39 is 0 Å². The molecule has 0 bridgehead atoms. The van der Waals surface area contributed by atoms with E-state index in [2.05, 4.69) is 15.5 Å². The molecular formula is C14H22N4O2. The smallest absolute Gasteiger partial charge is 0.273 e. The van der Waals surface area contributed by atoms with E-state index in [1.54, 1.807) is 0 Å². The predicted molar refractivity (Wildman–Crippen MR) is 75.3 cm³/mol. The number of nitrogens with zero attached hydrogens (tertiary/aromatic N) is 1. The minimum atomic E-state index is -0.220. The van der Waals surface area contributed by atoms with Crippen molar-refractivity contribution in [1.29, 1.82) is 0 Å². The number of hydrogen-bond donors (Lipinski definition) is 4. The number of anilines is 1. The van der Waals surface area contributed by atoms with Gasteiger partial charge < -0.3 is 16.2 Å². The molecule has 110 valence electrons. The summed E-state index contributed by atoms with van der Waals surface area (Å²) in [5.74, 6) is 0.592. The van der Waals surface area contributed by atoms with Gasteiger partial charge in [-0.15, -0.1) is 0 Å². The summed E-state index contributed by atoms with van der Waals surface area (Å²) in [7, 11) is 0. The molecular weight excluding hydrogens is 256 g/mol. The molecule has 2 aliphatic carbocycles. The summed E-state index contributed by atoms with van der Waals surface area (Å²) in [6.07, 6.45) is 5.74. The largest absolute Gasteiger partial charge is 0.395 e. The zero-order chi connectivity index (χ0) is 14.1. The second-order valence-corrected chi connectivity index (χ2v) is 6.07.